The quantitative estimate of drug-likeness (QED) is 0.477. The van der Waals surface area contributed by atoms with Gasteiger partial charge in [0.25, 0.3) is 5.91 Å². The molecule has 7 nitrogen and oxygen atoms in total. The molecule has 0 saturated carbocycles. The van der Waals surface area contributed by atoms with Crippen molar-refractivity contribution in [3.8, 4) is 0 Å². The van der Waals surface area contributed by atoms with Crippen LogP contribution in [0.5, 0.6) is 0 Å². The predicted molar refractivity (Wildman–Crippen MR) is 47.9 cm³/mol. The third kappa shape index (κ3) is 1.82. The van der Waals surface area contributed by atoms with Gasteiger partial charge in [0.05, 0.1) is 11.6 Å². The maximum Gasteiger partial charge on any atom is 0.323 e. The van der Waals surface area contributed by atoms with Gasteiger partial charge in [-0.15, -0.1) is 0 Å². The van der Waals surface area contributed by atoms with E-state index >= 15 is 0 Å². The van der Waals surface area contributed by atoms with Crippen molar-refractivity contribution < 1.29 is 24.6 Å². The van der Waals surface area contributed by atoms with Crippen LogP contribution in [0.15, 0.2) is 11.3 Å². The molecule has 1 heterocycles. The summed E-state index contributed by atoms with van der Waals surface area (Å²) in [5.41, 5.74) is 5.14. The highest BCUT2D eigenvalue weighted by Crippen LogP contribution is 2.21. The van der Waals surface area contributed by atoms with Gasteiger partial charge in [0, 0.05) is 6.54 Å². The van der Waals surface area contributed by atoms with Crippen LogP contribution in [-0.2, 0) is 14.4 Å². The third-order valence-electron chi connectivity index (χ3n) is 2.13. The monoisotopic (exact) mass is 214 g/mol. The lowest BCUT2D eigenvalue weighted by Crippen LogP contribution is -2.43. The normalized spacial score (nSPS) is 21.0. The SMILES string of the molecule is NCC1C(C=O)=C(O)C(=O)N1CC(=O)O. The summed E-state index contributed by atoms with van der Waals surface area (Å²) in [5, 5.41) is 17.8. The van der Waals surface area contributed by atoms with E-state index in [9.17, 15) is 19.5 Å². The number of carbonyl (C=O) groups is 3. The van der Waals surface area contributed by atoms with Gasteiger partial charge in [0.1, 0.15) is 6.54 Å². The summed E-state index contributed by atoms with van der Waals surface area (Å²) in [7, 11) is 0. The molecule has 0 radical (unpaired) electrons. The fourth-order valence-corrected chi connectivity index (χ4v) is 1.44. The Morgan fingerprint density at radius 3 is 2.60 bits per heavy atom. The van der Waals surface area contributed by atoms with Crippen LogP contribution in [0, 0.1) is 0 Å². The minimum absolute atomic E-state index is 0.114. The highest BCUT2D eigenvalue weighted by atomic mass is 16.4. The minimum atomic E-state index is -1.23. The molecule has 1 aliphatic rings. The molecule has 0 spiro atoms. The minimum Gasteiger partial charge on any atom is -0.503 e. The molecule has 1 rings (SSSR count). The molecule has 0 aromatic rings. The lowest BCUT2D eigenvalue weighted by atomic mass is 10.1. The van der Waals surface area contributed by atoms with Gasteiger partial charge in [-0.2, -0.15) is 0 Å². The molecule has 4 N–H and O–H groups in total. The second-order valence-corrected chi connectivity index (χ2v) is 3.00. The highest BCUT2D eigenvalue weighted by molar-refractivity contribution is 6.03. The van der Waals surface area contributed by atoms with Gasteiger partial charge in [-0.25, -0.2) is 0 Å². The van der Waals surface area contributed by atoms with Gasteiger partial charge in [-0.05, 0) is 0 Å². The van der Waals surface area contributed by atoms with E-state index in [1.54, 1.807) is 0 Å². The first-order valence-electron chi connectivity index (χ1n) is 4.14. The average Bonchev–Trinajstić information content (AvgIpc) is 2.41. The zero-order valence-electron chi connectivity index (χ0n) is 7.71. The summed E-state index contributed by atoms with van der Waals surface area (Å²) in [4.78, 5) is 33.2. The first-order chi connectivity index (χ1) is 7.02. The second kappa shape index (κ2) is 4.09. The fraction of sp³-hybridized carbons (Fsp3) is 0.375. The lowest BCUT2D eigenvalue weighted by molar-refractivity contribution is -0.143. The van der Waals surface area contributed by atoms with Crippen LogP contribution in [0.3, 0.4) is 0 Å². The van der Waals surface area contributed by atoms with E-state index in [-0.39, 0.29) is 12.1 Å². The number of aliphatic carboxylic acids is 1. The zero-order chi connectivity index (χ0) is 11.6. The summed E-state index contributed by atoms with van der Waals surface area (Å²) < 4.78 is 0. The third-order valence-corrected chi connectivity index (χ3v) is 2.13. The molecule has 0 saturated heterocycles. The number of carbonyl (C=O) groups excluding carboxylic acids is 2. The van der Waals surface area contributed by atoms with Crippen molar-refractivity contribution >= 4 is 18.2 Å². The number of aliphatic hydroxyl groups is 1. The first-order valence-corrected chi connectivity index (χ1v) is 4.14. The molecule has 0 fully saturated rings. The summed E-state index contributed by atoms with van der Waals surface area (Å²) >= 11 is 0. The number of rotatable bonds is 4. The maximum absolute atomic E-state index is 11.3. The van der Waals surface area contributed by atoms with Crippen LogP contribution in [0.4, 0.5) is 0 Å². The van der Waals surface area contributed by atoms with Gasteiger partial charge in [0.15, 0.2) is 12.0 Å². The van der Waals surface area contributed by atoms with E-state index < -0.39 is 30.2 Å². The summed E-state index contributed by atoms with van der Waals surface area (Å²) in [6, 6.07) is -0.855. The predicted octanol–water partition coefficient (Wildman–Crippen LogP) is -1.75. The summed E-state index contributed by atoms with van der Waals surface area (Å²) in [6.45, 7) is -0.709. The number of aliphatic hydroxyl groups excluding tert-OH is 1. The molecule has 0 bridgehead atoms. The van der Waals surface area contributed by atoms with E-state index in [1.165, 1.54) is 0 Å². The summed E-state index contributed by atoms with van der Waals surface area (Å²) in [6.07, 6.45) is 0.312. The number of aldehydes is 1. The molecule has 1 atom stereocenters. The molecule has 1 aliphatic heterocycles. The topological polar surface area (TPSA) is 121 Å². The van der Waals surface area contributed by atoms with Gasteiger partial charge >= 0.3 is 5.97 Å². The maximum atomic E-state index is 11.3. The Hall–Kier alpha value is -1.89. The summed E-state index contributed by atoms with van der Waals surface area (Å²) in [5.74, 6) is -2.83. The molecule has 1 amide bonds. The number of carboxylic acid groups (broad SMARTS) is 1. The van der Waals surface area contributed by atoms with E-state index in [0.717, 1.165) is 4.90 Å². The second-order valence-electron chi connectivity index (χ2n) is 3.00. The van der Waals surface area contributed by atoms with Crippen molar-refractivity contribution in [2.45, 2.75) is 6.04 Å². The average molecular weight is 214 g/mol. The fourth-order valence-electron chi connectivity index (χ4n) is 1.44. The van der Waals surface area contributed by atoms with Crippen LogP contribution in [0.25, 0.3) is 0 Å². The van der Waals surface area contributed by atoms with Crippen molar-refractivity contribution in [3.05, 3.63) is 11.3 Å². The molecule has 0 aromatic heterocycles. The molecule has 82 valence electrons. The Labute approximate surface area is 84.8 Å². The number of carboxylic acids is 1. The Kier molecular flexibility index (Phi) is 3.05. The van der Waals surface area contributed by atoms with E-state index in [2.05, 4.69) is 0 Å². The van der Waals surface area contributed by atoms with Crippen LogP contribution in [0.1, 0.15) is 0 Å². The zero-order valence-corrected chi connectivity index (χ0v) is 7.71. The van der Waals surface area contributed by atoms with Crippen LogP contribution in [-0.4, -0.2) is 52.4 Å². The molecule has 7 heteroatoms. The molecular weight excluding hydrogens is 204 g/mol. The molecule has 0 aromatic carbocycles. The largest absolute Gasteiger partial charge is 0.503 e. The van der Waals surface area contributed by atoms with E-state index in [4.69, 9.17) is 10.8 Å². The van der Waals surface area contributed by atoms with E-state index in [1.807, 2.05) is 0 Å². The van der Waals surface area contributed by atoms with Gasteiger partial charge in [0.2, 0.25) is 0 Å². The van der Waals surface area contributed by atoms with Crippen molar-refractivity contribution in [1.82, 2.24) is 4.90 Å². The smallest absolute Gasteiger partial charge is 0.323 e. The Balaban J connectivity index is 2.99. The number of nitrogens with two attached hydrogens (primary N) is 1. The van der Waals surface area contributed by atoms with Crippen LogP contribution >= 0.6 is 0 Å². The van der Waals surface area contributed by atoms with E-state index in [0.29, 0.717) is 6.29 Å². The van der Waals surface area contributed by atoms with Crippen molar-refractivity contribution in [2.24, 2.45) is 5.73 Å². The van der Waals surface area contributed by atoms with Crippen molar-refractivity contribution in [2.75, 3.05) is 13.1 Å². The lowest BCUT2D eigenvalue weighted by Gasteiger charge is -2.21. The molecule has 0 aliphatic carbocycles. The Morgan fingerprint density at radius 1 is 1.60 bits per heavy atom. The highest BCUT2D eigenvalue weighted by Gasteiger charge is 2.39. The number of hydrogen-bond acceptors (Lipinski definition) is 5. The number of amides is 1. The number of nitrogens with zero attached hydrogens (tertiary/aromatic N) is 1. The Bertz CT molecular complexity index is 349. The number of hydrogen-bond donors (Lipinski definition) is 3. The van der Waals surface area contributed by atoms with Gasteiger partial charge in [-0.3, -0.25) is 14.4 Å². The van der Waals surface area contributed by atoms with Crippen LogP contribution < -0.4 is 5.73 Å². The van der Waals surface area contributed by atoms with Crippen molar-refractivity contribution in [3.63, 3.8) is 0 Å². The molecule has 15 heavy (non-hydrogen) atoms. The first kappa shape index (κ1) is 11.2. The molecular formula is C8H10N2O5. The van der Waals surface area contributed by atoms with Gasteiger partial charge < -0.3 is 20.8 Å². The standard InChI is InChI=1S/C8H10N2O5/c9-1-5-4(3-11)7(14)8(15)10(5)2-6(12)13/h3,5,14H,1-2,9H2,(H,12,13). The molecule has 1 unspecified atom stereocenters. The van der Waals surface area contributed by atoms with Crippen molar-refractivity contribution in [1.29, 1.82) is 0 Å². The Morgan fingerprint density at radius 2 is 2.20 bits per heavy atom. The van der Waals surface area contributed by atoms with Gasteiger partial charge in [-0.1, -0.05) is 0 Å². The van der Waals surface area contributed by atoms with Crippen LogP contribution in [0.2, 0.25) is 0 Å².